The molecule has 154 valence electrons. The molecule has 3 nitrogen and oxygen atoms in total. The number of hydrogen-bond donors (Lipinski definition) is 0. The predicted octanol–water partition coefficient (Wildman–Crippen LogP) is 6.60. The van der Waals surface area contributed by atoms with E-state index in [1.807, 2.05) is 47.4 Å². The third-order valence-electron chi connectivity index (χ3n) is 6.43. The molecule has 5 aromatic rings. The summed E-state index contributed by atoms with van der Waals surface area (Å²) in [5.41, 5.74) is 7.33. The fourth-order valence-electron chi connectivity index (χ4n) is 5.01. The molecule has 0 spiro atoms. The Morgan fingerprint density at radius 1 is 0.688 bits per heavy atom. The van der Waals surface area contributed by atoms with E-state index in [1.165, 1.54) is 10.9 Å². The second-order valence-electron chi connectivity index (χ2n) is 8.26. The highest BCUT2D eigenvalue weighted by Gasteiger charge is 2.37. The zero-order valence-electron chi connectivity index (χ0n) is 17.8. The van der Waals surface area contributed by atoms with Crippen molar-refractivity contribution < 1.29 is 4.79 Å². The highest BCUT2D eigenvalue weighted by Crippen LogP contribution is 2.49. The van der Waals surface area contributed by atoms with Crippen molar-refractivity contribution in [3.8, 4) is 11.1 Å². The number of rotatable bonds is 2. The van der Waals surface area contributed by atoms with Crippen LogP contribution in [0.25, 0.3) is 22.0 Å². The molecule has 1 atom stereocenters. The summed E-state index contributed by atoms with van der Waals surface area (Å²) in [6, 6.07) is 34.4. The first-order valence-electron chi connectivity index (χ1n) is 10.8. The van der Waals surface area contributed by atoms with Gasteiger partial charge >= 0.3 is 0 Å². The summed E-state index contributed by atoms with van der Waals surface area (Å²) in [4.78, 5) is 16.0. The second-order valence-corrected chi connectivity index (χ2v) is 8.26. The molecule has 1 aromatic heterocycles. The van der Waals surface area contributed by atoms with Crippen LogP contribution in [0.1, 0.15) is 27.5 Å². The van der Waals surface area contributed by atoms with E-state index in [2.05, 4.69) is 78.5 Å². The Kier molecular flexibility index (Phi) is 4.22. The molecule has 1 aliphatic rings. The van der Waals surface area contributed by atoms with Gasteiger partial charge in [0.1, 0.15) is 0 Å². The minimum Gasteiger partial charge on any atom is -0.350 e. The van der Waals surface area contributed by atoms with Crippen LogP contribution < -0.4 is 4.90 Å². The van der Waals surface area contributed by atoms with Crippen molar-refractivity contribution in [1.82, 2.24) is 4.57 Å². The molecule has 0 aliphatic carbocycles. The maximum Gasteiger partial charge on any atom is 0.259 e. The highest BCUT2D eigenvalue weighted by atomic mass is 16.2. The van der Waals surface area contributed by atoms with Gasteiger partial charge in [-0.05, 0) is 35.4 Å². The number of anilines is 1. The van der Waals surface area contributed by atoms with Crippen molar-refractivity contribution in [2.75, 3.05) is 4.90 Å². The highest BCUT2D eigenvalue weighted by molar-refractivity contribution is 6.11. The van der Waals surface area contributed by atoms with Crippen LogP contribution in [0.15, 0.2) is 109 Å². The Morgan fingerprint density at radius 2 is 1.34 bits per heavy atom. The summed E-state index contributed by atoms with van der Waals surface area (Å²) in [5, 5.41) is 1.17. The lowest BCUT2D eigenvalue weighted by Gasteiger charge is -2.39. The van der Waals surface area contributed by atoms with Gasteiger partial charge in [-0.3, -0.25) is 9.69 Å². The minimum atomic E-state index is -0.222. The van der Waals surface area contributed by atoms with Gasteiger partial charge in [-0.25, -0.2) is 0 Å². The molecule has 2 heterocycles. The molecule has 32 heavy (non-hydrogen) atoms. The number of carbonyl (C=O) groups excluding carboxylic acids is 1. The van der Waals surface area contributed by atoms with Crippen molar-refractivity contribution in [3.63, 3.8) is 0 Å². The standard InChI is InChI=1S/C29H22N2O/c1-30-19-25(23-15-7-9-17-26(23)30)28-24-16-6-5-13-21(24)22-14-8-10-18-27(22)31(28)29(32)20-11-3-2-4-12-20/h2-19,28H,1H3. The van der Waals surface area contributed by atoms with E-state index in [4.69, 9.17) is 0 Å². The van der Waals surface area contributed by atoms with E-state index in [1.54, 1.807) is 0 Å². The molecule has 0 saturated carbocycles. The van der Waals surface area contributed by atoms with Crippen molar-refractivity contribution >= 4 is 22.5 Å². The van der Waals surface area contributed by atoms with Gasteiger partial charge in [0.25, 0.3) is 5.91 Å². The van der Waals surface area contributed by atoms with Gasteiger partial charge < -0.3 is 4.57 Å². The molecule has 0 bridgehead atoms. The van der Waals surface area contributed by atoms with Gasteiger partial charge in [0.05, 0.1) is 11.7 Å². The van der Waals surface area contributed by atoms with Gasteiger partial charge in [0.15, 0.2) is 0 Å². The van der Waals surface area contributed by atoms with Crippen molar-refractivity contribution in [3.05, 3.63) is 126 Å². The van der Waals surface area contributed by atoms with Gasteiger partial charge in [0, 0.05) is 40.8 Å². The fourth-order valence-corrected chi connectivity index (χ4v) is 5.01. The molecular formula is C29H22N2O. The van der Waals surface area contributed by atoms with Crippen LogP contribution in [0.2, 0.25) is 0 Å². The number of aromatic nitrogens is 1. The lowest BCUT2D eigenvalue weighted by molar-refractivity contribution is 0.0980. The van der Waals surface area contributed by atoms with Gasteiger partial charge in [-0.1, -0.05) is 78.9 Å². The summed E-state index contributed by atoms with van der Waals surface area (Å²) >= 11 is 0. The van der Waals surface area contributed by atoms with Gasteiger partial charge in [0.2, 0.25) is 0 Å². The molecular weight excluding hydrogens is 392 g/mol. The molecule has 1 unspecified atom stereocenters. The van der Waals surface area contributed by atoms with Crippen LogP contribution >= 0.6 is 0 Å². The third kappa shape index (κ3) is 2.71. The number of hydrogen-bond acceptors (Lipinski definition) is 1. The Labute approximate surface area is 187 Å². The number of carbonyl (C=O) groups is 1. The summed E-state index contributed by atoms with van der Waals surface area (Å²) in [7, 11) is 2.07. The molecule has 1 amide bonds. The summed E-state index contributed by atoms with van der Waals surface area (Å²) < 4.78 is 2.15. The van der Waals surface area contributed by atoms with Crippen LogP contribution in [0.4, 0.5) is 5.69 Å². The molecule has 0 saturated heterocycles. The molecule has 0 N–H and O–H groups in total. The van der Waals surface area contributed by atoms with E-state index in [0.29, 0.717) is 5.56 Å². The normalized spacial score (nSPS) is 14.8. The maximum atomic E-state index is 14.0. The third-order valence-corrected chi connectivity index (χ3v) is 6.43. The smallest absolute Gasteiger partial charge is 0.259 e. The van der Waals surface area contributed by atoms with Crippen molar-refractivity contribution in [1.29, 1.82) is 0 Å². The predicted molar refractivity (Wildman–Crippen MR) is 130 cm³/mol. The number of benzene rings is 4. The number of amides is 1. The van der Waals surface area contributed by atoms with Crippen LogP contribution in [-0.2, 0) is 7.05 Å². The topological polar surface area (TPSA) is 25.2 Å². The lowest BCUT2D eigenvalue weighted by Crippen LogP contribution is -2.38. The van der Waals surface area contributed by atoms with E-state index in [-0.39, 0.29) is 11.9 Å². The Hall–Kier alpha value is -4.11. The fraction of sp³-hybridized carbons (Fsp3) is 0.0690. The first kappa shape index (κ1) is 18.6. The summed E-state index contributed by atoms with van der Waals surface area (Å²) in [5.74, 6) is 0.00508. The summed E-state index contributed by atoms with van der Waals surface area (Å²) in [6.07, 6.45) is 2.17. The van der Waals surface area contributed by atoms with Gasteiger partial charge in [-0.15, -0.1) is 0 Å². The zero-order valence-corrected chi connectivity index (χ0v) is 17.8. The van der Waals surface area contributed by atoms with E-state index in [0.717, 1.165) is 27.9 Å². The average Bonchev–Trinajstić information content (AvgIpc) is 3.19. The van der Waals surface area contributed by atoms with Gasteiger partial charge in [-0.2, -0.15) is 0 Å². The van der Waals surface area contributed by atoms with Crippen LogP contribution in [0.5, 0.6) is 0 Å². The van der Waals surface area contributed by atoms with Crippen molar-refractivity contribution in [2.24, 2.45) is 7.05 Å². The zero-order chi connectivity index (χ0) is 21.7. The Morgan fingerprint density at radius 3 is 2.19 bits per heavy atom. The van der Waals surface area contributed by atoms with Crippen LogP contribution in [0.3, 0.4) is 0 Å². The van der Waals surface area contributed by atoms with Crippen LogP contribution in [-0.4, -0.2) is 10.5 Å². The number of para-hydroxylation sites is 2. The molecule has 0 fully saturated rings. The number of fused-ring (bicyclic) bond motifs is 4. The maximum absolute atomic E-state index is 14.0. The lowest BCUT2D eigenvalue weighted by atomic mass is 9.84. The van der Waals surface area contributed by atoms with E-state index < -0.39 is 0 Å². The second kappa shape index (κ2) is 7.24. The van der Waals surface area contributed by atoms with E-state index >= 15 is 0 Å². The summed E-state index contributed by atoms with van der Waals surface area (Å²) in [6.45, 7) is 0. The van der Waals surface area contributed by atoms with E-state index in [9.17, 15) is 4.79 Å². The molecule has 6 rings (SSSR count). The molecule has 3 heteroatoms. The number of nitrogens with zero attached hydrogens (tertiary/aromatic N) is 2. The Bertz CT molecular complexity index is 1470. The minimum absolute atomic E-state index is 0.00508. The first-order valence-corrected chi connectivity index (χ1v) is 10.8. The molecule has 4 aromatic carbocycles. The SMILES string of the molecule is Cn1cc(C2c3ccccc3-c3ccccc3N2C(=O)c2ccccc2)c2ccccc21. The largest absolute Gasteiger partial charge is 0.350 e. The number of aryl methyl sites for hydroxylation is 1. The molecule has 0 radical (unpaired) electrons. The monoisotopic (exact) mass is 414 g/mol. The van der Waals surface area contributed by atoms with Crippen LogP contribution in [0, 0.1) is 0 Å². The average molecular weight is 415 g/mol. The molecule has 1 aliphatic heterocycles. The first-order chi connectivity index (χ1) is 15.7. The quantitative estimate of drug-likeness (QED) is 0.320. The Balaban J connectivity index is 1.67. The van der Waals surface area contributed by atoms with Crippen molar-refractivity contribution in [2.45, 2.75) is 6.04 Å².